The number of rotatable bonds is 8. The molecule has 0 bridgehead atoms. The van der Waals surface area contributed by atoms with E-state index in [4.69, 9.17) is 5.73 Å². The largest absolute Gasteiger partial charge is 0.330 e. The Kier molecular flexibility index (Phi) is 8.15. The van der Waals surface area contributed by atoms with Crippen molar-refractivity contribution in [3.8, 4) is 0 Å². The number of nitrogens with one attached hydrogen (secondary N) is 1. The van der Waals surface area contributed by atoms with Crippen LogP contribution in [0.4, 0.5) is 0 Å². The third-order valence-corrected chi connectivity index (χ3v) is 4.50. The Labute approximate surface area is 124 Å². The lowest BCUT2D eigenvalue weighted by Gasteiger charge is -2.38. The maximum absolute atomic E-state index is 12.1. The van der Waals surface area contributed by atoms with Crippen LogP contribution in [-0.2, 0) is 4.79 Å². The summed E-state index contributed by atoms with van der Waals surface area (Å²) in [5.74, 6) is 0.774. The Bertz CT molecular complexity index is 267. The van der Waals surface area contributed by atoms with Gasteiger partial charge in [0.15, 0.2) is 0 Å². The van der Waals surface area contributed by atoms with E-state index < -0.39 is 0 Å². The molecule has 1 saturated heterocycles. The fraction of sp³-hybridized carbons (Fsp3) is 0.938. The van der Waals surface area contributed by atoms with Gasteiger partial charge in [0.25, 0.3) is 0 Å². The number of carbonyl (C=O) groups is 1. The molecule has 118 valence electrons. The second-order valence-electron chi connectivity index (χ2n) is 6.34. The zero-order valence-electron chi connectivity index (χ0n) is 13.5. The van der Waals surface area contributed by atoms with Crippen LogP contribution in [-0.4, -0.2) is 29.5 Å². The molecule has 0 aromatic carbocycles. The number of nitrogens with two attached hydrogens (primary N) is 1. The summed E-state index contributed by atoms with van der Waals surface area (Å²) in [7, 11) is 0. The minimum absolute atomic E-state index is 0.170. The maximum Gasteiger partial charge on any atom is 0.234 e. The van der Waals surface area contributed by atoms with E-state index in [0.717, 1.165) is 19.4 Å². The zero-order valence-corrected chi connectivity index (χ0v) is 13.5. The number of carbonyl (C=O) groups excluding carboxylic acids is 1. The van der Waals surface area contributed by atoms with Gasteiger partial charge in [-0.05, 0) is 52.0 Å². The molecule has 1 rings (SSSR count). The molecule has 0 saturated carbocycles. The molecule has 0 aromatic rings. The molecule has 4 heteroatoms. The first kappa shape index (κ1) is 17.4. The van der Waals surface area contributed by atoms with Crippen LogP contribution in [0.3, 0.4) is 0 Å². The van der Waals surface area contributed by atoms with Crippen molar-refractivity contribution in [2.45, 2.75) is 84.2 Å². The predicted molar refractivity (Wildman–Crippen MR) is 84.1 cm³/mol. The molecule has 1 aliphatic heterocycles. The summed E-state index contributed by atoms with van der Waals surface area (Å²) in [4.78, 5) is 12.1. The second-order valence-corrected chi connectivity index (χ2v) is 6.34. The van der Waals surface area contributed by atoms with E-state index >= 15 is 0 Å². The van der Waals surface area contributed by atoms with Crippen LogP contribution in [0, 0.1) is 5.92 Å². The third kappa shape index (κ3) is 5.80. The number of hydrogen-bond donors (Lipinski definition) is 2. The molecule has 1 aliphatic rings. The summed E-state index contributed by atoms with van der Waals surface area (Å²) in [6, 6.07) is 0.913. The van der Waals surface area contributed by atoms with Crippen molar-refractivity contribution in [3.05, 3.63) is 0 Å². The average molecular weight is 283 g/mol. The van der Waals surface area contributed by atoms with E-state index in [9.17, 15) is 4.79 Å². The summed E-state index contributed by atoms with van der Waals surface area (Å²) in [5, 5.41) is 2.16. The van der Waals surface area contributed by atoms with Gasteiger partial charge in [-0.2, -0.15) is 0 Å². The number of hydrazine groups is 1. The van der Waals surface area contributed by atoms with Crippen LogP contribution in [0.25, 0.3) is 0 Å². The summed E-state index contributed by atoms with van der Waals surface area (Å²) < 4.78 is 0. The highest BCUT2D eigenvalue weighted by atomic mass is 16.2. The van der Waals surface area contributed by atoms with E-state index in [2.05, 4.69) is 31.2 Å². The van der Waals surface area contributed by atoms with Gasteiger partial charge >= 0.3 is 0 Å². The lowest BCUT2D eigenvalue weighted by atomic mass is 9.94. The van der Waals surface area contributed by atoms with Gasteiger partial charge in [0.1, 0.15) is 0 Å². The normalized spacial score (nSPS) is 25.4. The Balaban J connectivity index is 2.34. The van der Waals surface area contributed by atoms with Crippen LogP contribution < -0.4 is 11.2 Å². The van der Waals surface area contributed by atoms with Crippen molar-refractivity contribution in [1.29, 1.82) is 0 Å². The molecule has 3 unspecified atom stereocenters. The minimum atomic E-state index is 0.170. The molecule has 1 fully saturated rings. The summed E-state index contributed by atoms with van der Waals surface area (Å²) >= 11 is 0. The van der Waals surface area contributed by atoms with Gasteiger partial charge in [-0.3, -0.25) is 10.2 Å². The fourth-order valence-electron chi connectivity index (χ4n) is 3.25. The molecule has 0 spiro atoms. The molecular weight excluding hydrogens is 250 g/mol. The van der Waals surface area contributed by atoms with E-state index in [1.54, 1.807) is 0 Å². The zero-order chi connectivity index (χ0) is 15.0. The molecule has 0 radical (unpaired) electrons. The molecule has 3 atom stereocenters. The van der Waals surface area contributed by atoms with E-state index in [-0.39, 0.29) is 5.91 Å². The topological polar surface area (TPSA) is 58.4 Å². The van der Waals surface area contributed by atoms with Crippen LogP contribution in [0.2, 0.25) is 0 Å². The molecule has 1 heterocycles. The SMILES string of the molecule is CCCC(CCN)CCC(=O)NN1C(C)CCCC1C. The first-order chi connectivity index (χ1) is 9.58. The lowest BCUT2D eigenvalue weighted by molar-refractivity contribution is -0.129. The highest BCUT2D eigenvalue weighted by Crippen LogP contribution is 2.21. The Morgan fingerprint density at radius 1 is 1.25 bits per heavy atom. The van der Waals surface area contributed by atoms with Crippen molar-refractivity contribution >= 4 is 5.91 Å². The smallest absolute Gasteiger partial charge is 0.234 e. The fourth-order valence-corrected chi connectivity index (χ4v) is 3.25. The van der Waals surface area contributed by atoms with Gasteiger partial charge in [0.05, 0.1) is 0 Å². The Morgan fingerprint density at radius 3 is 2.45 bits per heavy atom. The maximum atomic E-state index is 12.1. The summed E-state index contributed by atoms with van der Waals surface area (Å²) in [6.07, 6.45) is 8.61. The van der Waals surface area contributed by atoms with Gasteiger partial charge in [0.2, 0.25) is 5.91 Å². The van der Waals surface area contributed by atoms with Gasteiger partial charge in [-0.1, -0.05) is 26.2 Å². The van der Waals surface area contributed by atoms with E-state index in [0.29, 0.717) is 24.4 Å². The monoisotopic (exact) mass is 283 g/mol. The van der Waals surface area contributed by atoms with Gasteiger partial charge in [-0.15, -0.1) is 0 Å². The summed E-state index contributed by atoms with van der Waals surface area (Å²) in [6.45, 7) is 7.32. The second kappa shape index (κ2) is 9.35. The van der Waals surface area contributed by atoms with Crippen molar-refractivity contribution in [2.24, 2.45) is 11.7 Å². The number of nitrogens with zero attached hydrogens (tertiary/aromatic N) is 1. The van der Waals surface area contributed by atoms with E-state index in [1.165, 1.54) is 32.1 Å². The first-order valence-corrected chi connectivity index (χ1v) is 8.36. The molecule has 3 N–H and O–H groups in total. The van der Waals surface area contributed by atoms with Crippen LogP contribution >= 0.6 is 0 Å². The molecule has 0 aliphatic carbocycles. The van der Waals surface area contributed by atoms with Crippen molar-refractivity contribution in [3.63, 3.8) is 0 Å². The predicted octanol–water partition coefficient (Wildman–Crippen LogP) is 2.83. The van der Waals surface area contributed by atoms with Crippen molar-refractivity contribution in [1.82, 2.24) is 10.4 Å². The van der Waals surface area contributed by atoms with E-state index in [1.807, 2.05) is 0 Å². The molecule has 20 heavy (non-hydrogen) atoms. The number of hydrogen-bond acceptors (Lipinski definition) is 3. The van der Waals surface area contributed by atoms with Gasteiger partial charge in [0, 0.05) is 18.5 Å². The number of amides is 1. The third-order valence-electron chi connectivity index (χ3n) is 4.50. The highest BCUT2D eigenvalue weighted by Gasteiger charge is 2.26. The van der Waals surface area contributed by atoms with Crippen molar-refractivity contribution in [2.75, 3.05) is 6.54 Å². The number of piperidine rings is 1. The minimum Gasteiger partial charge on any atom is -0.330 e. The highest BCUT2D eigenvalue weighted by molar-refractivity contribution is 5.75. The van der Waals surface area contributed by atoms with Gasteiger partial charge < -0.3 is 5.73 Å². The molecule has 4 nitrogen and oxygen atoms in total. The van der Waals surface area contributed by atoms with Crippen molar-refractivity contribution < 1.29 is 4.79 Å². The Hall–Kier alpha value is -0.610. The first-order valence-electron chi connectivity index (χ1n) is 8.36. The van der Waals surface area contributed by atoms with Crippen LogP contribution in [0.5, 0.6) is 0 Å². The van der Waals surface area contributed by atoms with Gasteiger partial charge in [-0.25, -0.2) is 5.01 Å². The average Bonchev–Trinajstić information content (AvgIpc) is 2.41. The summed E-state index contributed by atoms with van der Waals surface area (Å²) in [5.41, 5.74) is 8.76. The van der Waals surface area contributed by atoms with Crippen LogP contribution in [0.15, 0.2) is 0 Å². The Morgan fingerprint density at radius 2 is 1.90 bits per heavy atom. The lowest BCUT2D eigenvalue weighted by Crippen LogP contribution is -2.54. The molecule has 0 aromatic heterocycles. The molecule has 1 amide bonds. The quantitative estimate of drug-likeness (QED) is 0.720. The molecular formula is C16H33N3O. The standard InChI is InChI=1S/C16H33N3O/c1-4-6-15(11-12-17)9-10-16(20)18-19-13(2)7-5-8-14(19)3/h13-15H,4-12,17H2,1-3H3,(H,18,20). The van der Waals surface area contributed by atoms with Crippen LogP contribution in [0.1, 0.15) is 72.1 Å².